The maximum atomic E-state index is 9.41. The summed E-state index contributed by atoms with van der Waals surface area (Å²) in [6.45, 7) is 5.86. The molecule has 0 radical (unpaired) electrons. The third-order valence-electron chi connectivity index (χ3n) is 2.66. The molecule has 92 valence electrons. The van der Waals surface area contributed by atoms with Gasteiger partial charge in [0.25, 0.3) is 0 Å². The van der Waals surface area contributed by atoms with Crippen LogP contribution >= 0.6 is 0 Å². The average Bonchev–Trinajstić information content (AvgIpc) is 2.25. The van der Waals surface area contributed by atoms with E-state index in [2.05, 4.69) is 12.2 Å². The summed E-state index contributed by atoms with van der Waals surface area (Å²) in [6.07, 6.45) is 5.13. The largest absolute Gasteiger partial charge is 0.393 e. The summed E-state index contributed by atoms with van der Waals surface area (Å²) >= 11 is 0. The highest BCUT2D eigenvalue weighted by molar-refractivity contribution is 4.67. The van der Waals surface area contributed by atoms with Crippen LogP contribution < -0.4 is 5.32 Å². The fourth-order valence-electron chi connectivity index (χ4n) is 1.55. The Morgan fingerprint density at radius 3 is 2.53 bits per heavy atom. The van der Waals surface area contributed by atoms with Crippen molar-refractivity contribution in [1.29, 1.82) is 0 Å². The maximum absolute atomic E-state index is 9.41. The molecule has 0 saturated carbocycles. The molecule has 3 nitrogen and oxygen atoms in total. The van der Waals surface area contributed by atoms with Gasteiger partial charge < -0.3 is 15.2 Å². The molecule has 0 aromatic carbocycles. The first-order valence-electron chi connectivity index (χ1n) is 6.14. The predicted molar refractivity (Wildman–Crippen MR) is 64.1 cm³/mol. The number of hydrogen-bond donors (Lipinski definition) is 2. The molecule has 0 aliphatic rings. The summed E-state index contributed by atoms with van der Waals surface area (Å²) < 4.78 is 5.16. The van der Waals surface area contributed by atoms with Gasteiger partial charge >= 0.3 is 0 Å². The van der Waals surface area contributed by atoms with Gasteiger partial charge in [-0.25, -0.2) is 0 Å². The molecule has 15 heavy (non-hydrogen) atoms. The van der Waals surface area contributed by atoms with E-state index < -0.39 is 0 Å². The molecular weight excluding hydrogens is 190 g/mol. The number of nitrogens with one attached hydrogen (secondary N) is 1. The second-order valence-corrected chi connectivity index (χ2v) is 4.10. The van der Waals surface area contributed by atoms with Crippen molar-refractivity contribution in [1.82, 2.24) is 5.32 Å². The number of hydrogen-bond acceptors (Lipinski definition) is 3. The first-order valence-corrected chi connectivity index (χ1v) is 6.14. The second kappa shape index (κ2) is 10.4. The van der Waals surface area contributed by atoms with Crippen LogP contribution in [0.3, 0.4) is 0 Å². The topological polar surface area (TPSA) is 41.5 Å². The summed E-state index contributed by atoms with van der Waals surface area (Å²) in [5.41, 5.74) is 0. The Morgan fingerprint density at radius 2 is 2.00 bits per heavy atom. The molecule has 2 unspecified atom stereocenters. The Balaban J connectivity index is 3.55. The van der Waals surface area contributed by atoms with Gasteiger partial charge in [-0.3, -0.25) is 0 Å². The van der Waals surface area contributed by atoms with Crippen molar-refractivity contribution in [2.75, 3.05) is 20.3 Å². The molecule has 0 fully saturated rings. The van der Waals surface area contributed by atoms with Crippen LogP contribution in [0.25, 0.3) is 0 Å². The summed E-state index contributed by atoms with van der Waals surface area (Å²) in [7, 11) is 1.74. The molecule has 3 heteroatoms. The molecule has 0 aliphatic heterocycles. The van der Waals surface area contributed by atoms with Gasteiger partial charge in [-0.2, -0.15) is 0 Å². The maximum Gasteiger partial charge on any atom is 0.0615 e. The zero-order chi connectivity index (χ0) is 11.5. The number of unbranched alkanes of at least 4 members (excludes halogenated alkanes) is 1. The van der Waals surface area contributed by atoms with E-state index in [9.17, 15) is 5.11 Å². The van der Waals surface area contributed by atoms with E-state index in [4.69, 9.17) is 4.74 Å². The minimum Gasteiger partial charge on any atom is -0.393 e. The fraction of sp³-hybridized carbons (Fsp3) is 1.00. The lowest BCUT2D eigenvalue weighted by Crippen LogP contribution is -2.35. The van der Waals surface area contributed by atoms with E-state index in [-0.39, 0.29) is 6.10 Å². The third-order valence-corrected chi connectivity index (χ3v) is 2.66. The van der Waals surface area contributed by atoms with Crippen molar-refractivity contribution < 1.29 is 9.84 Å². The van der Waals surface area contributed by atoms with E-state index in [1.165, 1.54) is 12.8 Å². The van der Waals surface area contributed by atoms with Crippen molar-refractivity contribution in [3.05, 3.63) is 0 Å². The molecule has 0 saturated heterocycles. The third kappa shape index (κ3) is 8.85. The lowest BCUT2D eigenvalue weighted by molar-refractivity contribution is 0.142. The van der Waals surface area contributed by atoms with Gasteiger partial charge in [-0.1, -0.05) is 26.7 Å². The smallest absolute Gasteiger partial charge is 0.0615 e. The predicted octanol–water partition coefficient (Wildman–Crippen LogP) is 1.94. The Bertz CT molecular complexity index is 131. The molecule has 0 aromatic rings. The van der Waals surface area contributed by atoms with E-state index in [1.54, 1.807) is 7.11 Å². The van der Waals surface area contributed by atoms with Gasteiger partial charge in [-0.15, -0.1) is 0 Å². The Morgan fingerprint density at radius 1 is 1.27 bits per heavy atom. The van der Waals surface area contributed by atoms with Gasteiger partial charge in [0.1, 0.15) is 0 Å². The first kappa shape index (κ1) is 14.9. The Labute approximate surface area is 94.2 Å². The molecule has 0 amide bonds. The van der Waals surface area contributed by atoms with Crippen molar-refractivity contribution in [2.24, 2.45) is 0 Å². The molecule has 0 aromatic heterocycles. The highest BCUT2D eigenvalue weighted by Crippen LogP contribution is 2.02. The number of aliphatic hydroxyl groups is 1. The van der Waals surface area contributed by atoms with Gasteiger partial charge in [-0.05, 0) is 25.8 Å². The number of ether oxygens (including phenoxy) is 1. The van der Waals surface area contributed by atoms with E-state index in [1.807, 2.05) is 6.92 Å². The zero-order valence-electron chi connectivity index (χ0n) is 10.5. The summed E-state index contributed by atoms with van der Waals surface area (Å²) in [5, 5.41) is 12.8. The molecule has 0 spiro atoms. The first-order chi connectivity index (χ1) is 7.24. The standard InChI is InChI=1S/C12H27NO2/c1-4-6-7-11(10-15-3)13-9-8-12(14)5-2/h11-14H,4-10H2,1-3H3. The minimum absolute atomic E-state index is 0.160. The fourth-order valence-corrected chi connectivity index (χ4v) is 1.55. The molecule has 0 heterocycles. The zero-order valence-corrected chi connectivity index (χ0v) is 10.5. The molecule has 2 N–H and O–H groups in total. The second-order valence-electron chi connectivity index (χ2n) is 4.10. The van der Waals surface area contributed by atoms with Crippen LogP contribution in [0.15, 0.2) is 0 Å². The van der Waals surface area contributed by atoms with Gasteiger partial charge in [0.15, 0.2) is 0 Å². The quantitative estimate of drug-likeness (QED) is 0.587. The SMILES string of the molecule is CCCCC(COC)NCCC(O)CC. The van der Waals surface area contributed by atoms with Crippen molar-refractivity contribution >= 4 is 0 Å². The lowest BCUT2D eigenvalue weighted by Gasteiger charge is -2.18. The molecule has 2 atom stereocenters. The number of rotatable bonds is 10. The summed E-state index contributed by atoms with van der Waals surface area (Å²) in [5.74, 6) is 0. The van der Waals surface area contributed by atoms with Crippen LogP contribution in [0.5, 0.6) is 0 Å². The normalized spacial score (nSPS) is 15.2. The van der Waals surface area contributed by atoms with Crippen LogP contribution in [0.1, 0.15) is 46.0 Å². The highest BCUT2D eigenvalue weighted by Gasteiger charge is 2.07. The summed E-state index contributed by atoms with van der Waals surface area (Å²) in [4.78, 5) is 0. The van der Waals surface area contributed by atoms with Crippen LogP contribution in [-0.2, 0) is 4.74 Å². The Kier molecular flexibility index (Phi) is 10.3. The van der Waals surface area contributed by atoms with Crippen molar-refractivity contribution in [3.8, 4) is 0 Å². The van der Waals surface area contributed by atoms with Gasteiger partial charge in [0, 0.05) is 13.2 Å². The minimum atomic E-state index is -0.160. The monoisotopic (exact) mass is 217 g/mol. The average molecular weight is 217 g/mol. The number of methoxy groups -OCH3 is 1. The van der Waals surface area contributed by atoms with E-state index in [0.717, 1.165) is 32.4 Å². The van der Waals surface area contributed by atoms with Crippen LogP contribution in [0, 0.1) is 0 Å². The lowest BCUT2D eigenvalue weighted by atomic mass is 10.1. The molecule has 0 bridgehead atoms. The van der Waals surface area contributed by atoms with Crippen molar-refractivity contribution in [3.63, 3.8) is 0 Å². The van der Waals surface area contributed by atoms with Gasteiger partial charge in [0.2, 0.25) is 0 Å². The molecule has 0 aliphatic carbocycles. The summed E-state index contributed by atoms with van der Waals surface area (Å²) in [6, 6.07) is 0.444. The van der Waals surface area contributed by atoms with Crippen LogP contribution in [0.4, 0.5) is 0 Å². The van der Waals surface area contributed by atoms with Crippen LogP contribution in [-0.4, -0.2) is 37.5 Å². The van der Waals surface area contributed by atoms with Crippen LogP contribution in [0.2, 0.25) is 0 Å². The van der Waals surface area contributed by atoms with Crippen molar-refractivity contribution in [2.45, 2.75) is 58.1 Å². The highest BCUT2D eigenvalue weighted by atomic mass is 16.5. The number of aliphatic hydroxyl groups excluding tert-OH is 1. The van der Waals surface area contributed by atoms with E-state index >= 15 is 0 Å². The molecular formula is C12H27NO2. The van der Waals surface area contributed by atoms with Gasteiger partial charge in [0.05, 0.1) is 12.7 Å². The van der Waals surface area contributed by atoms with E-state index in [0.29, 0.717) is 6.04 Å². The molecule has 0 rings (SSSR count). The Hall–Kier alpha value is -0.120.